The smallest absolute Gasteiger partial charge is 0.276 e. The van der Waals surface area contributed by atoms with Crippen molar-refractivity contribution < 1.29 is 4.79 Å². The summed E-state index contributed by atoms with van der Waals surface area (Å²) in [6.07, 6.45) is 7.37. The molecule has 1 aromatic carbocycles. The van der Waals surface area contributed by atoms with Crippen LogP contribution in [-0.2, 0) is 0 Å². The number of rotatable bonds is 5. The van der Waals surface area contributed by atoms with Crippen LogP contribution in [0, 0.1) is 5.92 Å². The second-order valence-corrected chi connectivity index (χ2v) is 7.00. The summed E-state index contributed by atoms with van der Waals surface area (Å²) in [7, 11) is 0. The summed E-state index contributed by atoms with van der Waals surface area (Å²) in [5.74, 6) is 0.688. The van der Waals surface area contributed by atoms with Gasteiger partial charge < -0.3 is 4.90 Å². The zero-order chi connectivity index (χ0) is 16.9. The number of carbonyl (C=O) groups is 1. The Labute approximate surface area is 143 Å². The number of nitrogens with zero attached hydrogens (tertiary/aromatic N) is 4. The largest absolute Gasteiger partial charge is 0.334 e. The first kappa shape index (κ1) is 16.7. The van der Waals surface area contributed by atoms with Crippen molar-refractivity contribution >= 4 is 5.91 Å². The highest BCUT2D eigenvalue weighted by Crippen LogP contribution is 2.24. The van der Waals surface area contributed by atoms with E-state index in [1.807, 2.05) is 35.2 Å². The van der Waals surface area contributed by atoms with Crippen LogP contribution < -0.4 is 0 Å². The van der Waals surface area contributed by atoms with Crippen molar-refractivity contribution in [2.75, 3.05) is 6.54 Å². The predicted molar refractivity (Wildman–Crippen MR) is 94.1 cm³/mol. The van der Waals surface area contributed by atoms with E-state index in [0.29, 0.717) is 17.7 Å². The molecule has 5 nitrogen and oxygen atoms in total. The van der Waals surface area contributed by atoms with E-state index in [1.165, 1.54) is 6.42 Å². The van der Waals surface area contributed by atoms with E-state index in [4.69, 9.17) is 0 Å². The summed E-state index contributed by atoms with van der Waals surface area (Å²) in [6, 6.07) is 10.1. The van der Waals surface area contributed by atoms with Crippen molar-refractivity contribution in [1.82, 2.24) is 19.9 Å². The Morgan fingerprint density at radius 2 is 2.04 bits per heavy atom. The Morgan fingerprint density at radius 1 is 1.25 bits per heavy atom. The quantitative estimate of drug-likeness (QED) is 0.842. The average Bonchev–Trinajstić information content (AvgIpc) is 3.10. The van der Waals surface area contributed by atoms with Crippen molar-refractivity contribution in [1.29, 1.82) is 0 Å². The number of benzene rings is 1. The van der Waals surface area contributed by atoms with Crippen molar-refractivity contribution in [3.05, 3.63) is 42.2 Å². The molecule has 1 saturated heterocycles. The van der Waals surface area contributed by atoms with Gasteiger partial charge in [-0.3, -0.25) is 4.79 Å². The Balaban J connectivity index is 1.73. The van der Waals surface area contributed by atoms with Crippen LogP contribution in [0.1, 0.15) is 56.4 Å². The standard InChI is InChI=1S/C19H26N4O/c1-15(2)11-12-16-8-6-7-13-22(16)19(24)18-14-23(21-20-18)17-9-4-3-5-10-17/h3-5,9-10,14-16H,6-8,11-13H2,1-2H3/t16-/m1/s1. The highest BCUT2D eigenvalue weighted by Gasteiger charge is 2.29. The van der Waals surface area contributed by atoms with E-state index < -0.39 is 0 Å². The number of hydrogen-bond acceptors (Lipinski definition) is 3. The third kappa shape index (κ3) is 3.83. The van der Waals surface area contributed by atoms with Crippen LogP contribution in [0.15, 0.2) is 36.5 Å². The van der Waals surface area contributed by atoms with Crippen LogP contribution in [0.5, 0.6) is 0 Å². The van der Waals surface area contributed by atoms with Gasteiger partial charge in [0.1, 0.15) is 0 Å². The second-order valence-electron chi connectivity index (χ2n) is 7.00. The molecule has 1 aliphatic heterocycles. The molecule has 0 saturated carbocycles. The van der Waals surface area contributed by atoms with E-state index in [2.05, 4.69) is 24.2 Å². The zero-order valence-corrected chi connectivity index (χ0v) is 14.6. The first-order chi connectivity index (χ1) is 11.6. The second kappa shape index (κ2) is 7.60. The Bertz CT molecular complexity index is 665. The van der Waals surface area contributed by atoms with Crippen LogP contribution in [0.2, 0.25) is 0 Å². The van der Waals surface area contributed by atoms with Gasteiger partial charge in [-0.15, -0.1) is 5.10 Å². The number of piperidine rings is 1. The number of carbonyl (C=O) groups excluding carboxylic acids is 1. The molecule has 24 heavy (non-hydrogen) atoms. The molecule has 2 aromatic rings. The lowest BCUT2D eigenvalue weighted by Gasteiger charge is -2.35. The molecular formula is C19H26N4O. The maximum absolute atomic E-state index is 12.9. The minimum atomic E-state index is 0.0191. The highest BCUT2D eigenvalue weighted by molar-refractivity contribution is 5.92. The van der Waals surface area contributed by atoms with Crippen molar-refractivity contribution in [2.45, 2.75) is 52.0 Å². The van der Waals surface area contributed by atoms with E-state index in [-0.39, 0.29) is 5.91 Å². The minimum absolute atomic E-state index is 0.0191. The molecule has 0 N–H and O–H groups in total. The van der Waals surface area contributed by atoms with Crippen LogP contribution >= 0.6 is 0 Å². The molecule has 1 atom stereocenters. The number of amides is 1. The molecule has 0 spiro atoms. The summed E-state index contributed by atoms with van der Waals surface area (Å²) in [6.45, 7) is 5.31. The summed E-state index contributed by atoms with van der Waals surface area (Å²) in [5, 5.41) is 8.24. The summed E-state index contributed by atoms with van der Waals surface area (Å²) in [5.41, 5.74) is 1.36. The molecule has 1 aliphatic rings. The maximum atomic E-state index is 12.9. The van der Waals surface area contributed by atoms with Crippen molar-refractivity contribution in [2.24, 2.45) is 5.92 Å². The zero-order valence-electron chi connectivity index (χ0n) is 14.6. The fraction of sp³-hybridized carbons (Fsp3) is 0.526. The molecule has 2 heterocycles. The molecule has 3 rings (SSSR count). The Morgan fingerprint density at radius 3 is 2.79 bits per heavy atom. The number of hydrogen-bond donors (Lipinski definition) is 0. The van der Waals surface area contributed by atoms with Crippen LogP contribution in [0.4, 0.5) is 0 Å². The van der Waals surface area contributed by atoms with Gasteiger partial charge in [-0.05, 0) is 50.2 Å². The summed E-state index contributed by atoms with van der Waals surface area (Å²) >= 11 is 0. The normalized spacial score (nSPS) is 18.1. The lowest BCUT2D eigenvalue weighted by atomic mass is 9.94. The van der Waals surface area contributed by atoms with Gasteiger partial charge in [0.2, 0.25) is 0 Å². The number of aromatic nitrogens is 3. The topological polar surface area (TPSA) is 51.0 Å². The number of likely N-dealkylation sites (tertiary alicyclic amines) is 1. The van der Waals surface area contributed by atoms with Gasteiger partial charge in [-0.2, -0.15) is 0 Å². The van der Waals surface area contributed by atoms with E-state index in [9.17, 15) is 4.79 Å². The van der Waals surface area contributed by atoms with Crippen LogP contribution in [0.3, 0.4) is 0 Å². The highest BCUT2D eigenvalue weighted by atomic mass is 16.2. The molecular weight excluding hydrogens is 300 g/mol. The van der Waals surface area contributed by atoms with Crippen molar-refractivity contribution in [3.63, 3.8) is 0 Å². The molecule has 128 valence electrons. The third-order valence-electron chi connectivity index (χ3n) is 4.70. The summed E-state index contributed by atoms with van der Waals surface area (Å²) in [4.78, 5) is 14.9. The van der Waals surface area contributed by atoms with E-state index in [1.54, 1.807) is 10.9 Å². The molecule has 1 amide bonds. The molecule has 0 unspecified atom stereocenters. The van der Waals surface area contributed by atoms with Crippen molar-refractivity contribution in [3.8, 4) is 5.69 Å². The summed E-state index contributed by atoms with van der Waals surface area (Å²) < 4.78 is 1.67. The van der Waals surface area contributed by atoms with Gasteiger partial charge >= 0.3 is 0 Å². The fourth-order valence-corrected chi connectivity index (χ4v) is 3.31. The SMILES string of the molecule is CC(C)CC[C@H]1CCCCN1C(=O)c1cn(-c2ccccc2)nn1. The first-order valence-electron chi connectivity index (χ1n) is 8.94. The fourth-order valence-electron chi connectivity index (χ4n) is 3.31. The molecule has 0 bridgehead atoms. The van der Waals surface area contributed by atoms with Gasteiger partial charge in [0, 0.05) is 12.6 Å². The monoisotopic (exact) mass is 326 g/mol. The molecule has 1 aromatic heterocycles. The van der Waals surface area contributed by atoms with Gasteiger partial charge in [-0.1, -0.05) is 37.3 Å². The predicted octanol–water partition coefficient (Wildman–Crippen LogP) is 3.70. The minimum Gasteiger partial charge on any atom is -0.334 e. The van der Waals surface area contributed by atoms with Gasteiger partial charge in [0.15, 0.2) is 5.69 Å². The average molecular weight is 326 g/mol. The third-order valence-corrected chi connectivity index (χ3v) is 4.70. The van der Waals surface area contributed by atoms with Gasteiger partial charge in [-0.25, -0.2) is 4.68 Å². The molecule has 0 aliphatic carbocycles. The van der Waals surface area contributed by atoms with Gasteiger partial charge in [0.25, 0.3) is 5.91 Å². The van der Waals surface area contributed by atoms with Gasteiger partial charge in [0.05, 0.1) is 11.9 Å². The van der Waals surface area contributed by atoms with Crippen LogP contribution in [-0.4, -0.2) is 38.4 Å². The Kier molecular flexibility index (Phi) is 5.28. The van der Waals surface area contributed by atoms with Crippen LogP contribution in [0.25, 0.3) is 5.69 Å². The van der Waals surface area contributed by atoms with E-state index in [0.717, 1.165) is 37.9 Å². The molecule has 1 fully saturated rings. The lowest BCUT2D eigenvalue weighted by molar-refractivity contribution is 0.0587. The molecule has 5 heteroatoms. The van der Waals surface area contributed by atoms with E-state index >= 15 is 0 Å². The lowest BCUT2D eigenvalue weighted by Crippen LogP contribution is -2.44. The Hall–Kier alpha value is -2.17. The maximum Gasteiger partial charge on any atom is 0.276 e. The number of para-hydroxylation sites is 1. The first-order valence-corrected chi connectivity index (χ1v) is 8.94. The molecule has 0 radical (unpaired) electrons.